The summed E-state index contributed by atoms with van der Waals surface area (Å²) in [5.74, 6) is -0.224. The largest absolute Gasteiger partial charge is 0.454 e. The second-order valence-electron chi connectivity index (χ2n) is 8.97. The van der Waals surface area contributed by atoms with E-state index in [0.29, 0.717) is 11.1 Å². The number of nitrogens with zero attached hydrogens (tertiary/aromatic N) is 1. The first-order valence-corrected chi connectivity index (χ1v) is 11.3. The number of hydrogen-bond donors (Lipinski definition) is 0. The van der Waals surface area contributed by atoms with E-state index in [-0.39, 0.29) is 5.82 Å². The van der Waals surface area contributed by atoms with E-state index in [1.165, 1.54) is 16.7 Å². The standard InChI is InChI=1S/C29H25FNO/c1-17-10-12-21(20-8-6-7-19(17)20)27-24(30)15-14-23-22-13-11-18(2)26(28(22)32-29(23)27)25-9-4-5-16-31(25)3/h4-5,9-16H,6-8H2,1-3H3/q+1. The zero-order valence-corrected chi connectivity index (χ0v) is 18.6. The molecule has 2 aromatic heterocycles. The van der Waals surface area contributed by atoms with E-state index in [0.717, 1.165) is 58.0 Å². The molecule has 158 valence electrons. The average molecular weight is 423 g/mol. The number of hydrogen-bond acceptors (Lipinski definition) is 1. The Balaban J connectivity index is 1.72. The fourth-order valence-electron chi connectivity index (χ4n) is 5.45. The molecule has 0 atom stereocenters. The molecular formula is C29H25FNO+. The van der Waals surface area contributed by atoms with Gasteiger partial charge in [0.1, 0.15) is 24.0 Å². The molecule has 0 amide bonds. The van der Waals surface area contributed by atoms with E-state index >= 15 is 4.39 Å². The topological polar surface area (TPSA) is 17.0 Å². The predicted octanol–water partition coefficient (Wildman–Crippen LogP) is 6.99. The molecule has 0 saturated carbocycles. The van der Waals surface area contributed by atoms with Crippen molar-refractivity contribution in [1.82, 2.24) is 0 Å². The molecule has 0 N–H and O–H groups in total. The van der Waals surface area contributed by atoms with Gasteiger partial charge in [0.25, 0.3) is 0 Å². The van der Waals surface area contributed by atoms with Crippen LogP contribution in [0.1, 0.15) is 28.7 Å². The second-order valence-corrected chi connectivity index (χ2v) is 8.97. The van der Waals surface area contributed by atoms with Gasteiger partial charge in [0.2, 0.25) is 5.69 Å². The molecule has 0 radical (unpaired) electrons. The van der Waals surface area contributed by atoms with E-state index < -0.39 is 0 Å². The maximum absolute atomic E-state index is 15.4. The Bertz CT molecular complexity index is 1540. The minimum atomic E-state index is -0.224. The third kappa shape index (κ3) is 2.67. The molecule has 0 fully saturated rings. The minimum absolute atomic E-state index is 0.224. The first-order chi connectivity index (χ1) is 15.5. The van der Waals surface area contributed by atoms with Gasteiger partial charge in [0.15, 0.2) is 6.20 Å². The molecule has 5 aromatic rings. The summed E-state index contributed by atoms with van der Waals surface area (Å²) in [6, 6.07) is 18.0. The Hall–Kier alpha value is -3.46. The summed E-state index contributed by atoms with van der Waals surface area (Å²) in [5.41, 5.74) is 10.3. The molecule has 0 unspecified atom stereocenters. The number of benzene rings is 3. The van der Waals surface area contributed by atoms with Crippen LogP contribution in [0.4, 0.5) is 4.39 Å². The highest BCUT2D eigenvalue weighted by Crippen LogP contribution is 2.44. The lowest BCUT2D eigenvalue weighted by Gasteiger charge is -2.12. The van der Waals surface area contributed by atoms with Crippen molar-refractivity contribution in [3.63, 3.8) is 0 Å². The Morgan fingerprint density at radius 1 is 0.781 bits per heavy atom. The molecule has 2 nitrogen and oxygen atoms in total. The normalized spacial score (nSPS) is 13.2. The molecule has 0 saturated heterocycles. The molecule has 2 heterocycles. The van der Waals surface area contributed by atoms with Gasteiger partial charge >= 0.3 is 0 Å². The van der Waals surface area contributed by atoms with Crippen LogP contribution in [0.3, 0.4) is 0 Å². The van der Waals surface area contributed by atoms with Gasteiger partial charge in [-0.05, 0) is 79.1 Å². The molecule has 32 heavy (non-hydrogen) atoms. The van der Waals surface area contributed by atoms with Crippen LogP contribution in [0, 0.1) is 19.7 Å². The number of aryl methyl sites for hydroxylation is 3. The summed E-state index contributed by atoms with van der Waals surface area (Å²) in [4.78, 5) is 0. The molecule has 1 aliphatic rings. The van der Waals surface area contributed by atoms with Crippen molar-refractivity contribution in [2.24, 2.45) is 7.05 Å². The lowest BCUT2D eigenvalue weighted by atomic mass is 9.92. The van der Waals surface area contributed by atoms with Crippen molar-refractivity contribution in [1.29, 1.82) is 0 Å². The first-order valence-electron chi connectivity index (χ1n) is 11.3. The quantitative estimate of drug-likeness (QED) is 0.280. The number of rotatable bonds is 2. The number of fused-ring (bicyclic) bond motifs is 4. The highest BCUT2D eigenvalue weighted by atomic mass is 19.1. The van der Waals surface area contributed by atoms with Gasteiger partial charge in [0.05, 0.1) is 11.1 Å². The summed E-state index contributed by atoms with van der Waals surface area (Å²) in [5, 5.41) is 1.98. The second kappa shape index (κ2) is 7.03. The summed E-state index contributed by atoms with van der Waals surface area (Å²) in [6.45, 7) is 4.25. The van der Waals surface area contributed by atoms with E-state index in [9.17, 15) is 0 Å². The van der Waals surface area contributed by atoms with Gasteiger partial charge in [-0.2, -0.15) is 0 Å². The van der Waals surface area contributed by atoms with Crippen LogP contribution in [0.15, 0.2) is 65.2 Å². The van der Waals surface area contributed by atoms with Crippen LogP contribution < -0.4 is 4.57 Å². The fraction of sp³-hybridized carbons (Fsp3) is 0.207. The van der Waals surface area contributed by atoms with Gasteiger partial charge < -0.3 is 4.42 Å². The summed E-state index contributed by atoms with van der Waals surface area (Å²) in [6.07, 6.45) is 5.23. The Labute approximate surface area is 186 Å². The van der Waals surface area contributed by atoms with Crippen molar-refractivity contribution >= 4 is 21.9 Å². The highest BCUT2D eigenvalue weighted by Gasteiger charge is 2.25. The number of furan rings is 1. The smallest absolute Gasteiger partial charge is 0.216 e. The van der Waals surface area contributed by atoms with Gasteiger partial charge in [-0.3, -0.25) is 0 Å². The highest BCUT2D eigenvalue weighted by molar-refractivity contribution is 6.13. The summed E-state index contributed by atoms with van der Waals surface area (Å²) < 4.78 is 24.1. The lowest BCUT2D eigenvalue weighted by Crippen LogP contribution is -2.30. The van der Waals surface area contributed by atoms with Gasteiger partial charge in [-0.15, -0.1) is 0 Å². The summed E-state index contributed by atoms with van der Waals surface area (Å²) >= 11 is 0. The van der Waals surface area contributed by atoms with Gasteiger partial charge in [0, 0.05) is 22.9 Å². The SMILES string of the molecule is Cc1ccc(-c2c(F)ccc3c2oc2c(-c4cccc[n+]4C)c(C)ccc23)c2c1CCC2. The zero-order chi connectivity index (χ0) is 22.0. The predicted molar refractivity (Wildman–Crippen MR) is 127 cm³/mol. The molecule has 0 spiro atoms. The third-order valence-electron chi connectivity index (χ3n) is 7.07. The van der Waals surface area contributed by atoms with E-state index in [1.54, 1.807) is 6.07 Å². The van der Waals surface area contributed by atoms with E-state index in [2.05, 4.69) is 48.7 Å². The third-order valence-corrected chi connectivity index (χ3v) is 7.07. The van der Waals surface area contributed by atoms with Crippen molar-refractivity contribution in [3.05, 3.63) is 88.9 Å². The van der Waals surface area contributed by atoms with Gasteiger partial charge in [-0.25, -0.2) is 8.96 Å². The van der Waals surface area contributed by atoms with Crippen molar-refractivity contribution in [2.45, 2.75) is 33.1 Å². The Morgan fingerprint density at radius 2 is 1.50 bits per heavy atom. The Kier molecular flexibility index (Phi) is 4.23. The van der Waals surface area contributed by atoms with Crippen molar-refractivity contribution < 1.29 is 13.4 Å². The van der Waals surface area contributed by atoms with Crippen LogP contribution >= 0.6 is 0 Å². The van der Waals surface area contributed by atoms with Gasteiger partial charge in [-0.1, -0.05) is 24.3 Å². The molecule has 3 heteroatoms. The molecule has 0 bridgehead atoms. The van der Waals surface area contributed by atoms with Crippen LogP contribution in [-0.4, -0.2) is 0 Å². The lowest BCUT2D eigenvalue weighted by molar-refractivity contribution is -0.660. The number of halogens is 1. The molecule has 6 rings (SSSR count). The first kappa shape index (κ1) is 19.2. The molecular weight excluding hydrogens is 397 g/mol. The number of pyridine rings is 1. The fourth-order valence-corrected chi connectivity index (χ4v) is 5.45. The van der Waals surface area contributed by atoms with Crippen molar-refractivity contribution in [3.8, 4) is 22.4 Å². The minimum Gasteiger partial charge on any atom is -0.454 e. The van der Waals surface area contributed by atoms with Crippen LogP contribution in [0.25, 0.3) is 44.3 Å². The average Bonchev–Trinajstić information content (AvgIpc) is 3.41. The zero-order valence-electron chi connectivity index (χ0n) is 18.6. The molecule has 3 aromatic carbocycles. The maximum atomic E-state index is 15.4. The van der Waals surface area contributed by atoms with E-state index in [4.69, 9.17) is 4.42 Å². The van der Waals surface area contributed by atoms with Crippen LogP contribution in [0.5, 0.6) is 0 Å². The van der Waals surface area contributed by atoms with E-state index in [1.807, 2.05) is 31.4 Å². The monoisotopic (exact) mass is 422 g/mol. The Morgan fingerprint density at radius 3 is 2.31 bits per heavy atom. The van der Waals surface area contributed by atoms with Crippen molar-refractivity contribution in [2.75, 3.05) is 0 Å². The molecule has 0 aliphatic heterocycles. The van der Waals surface area contributed by atoms with Crippen LogP contribution in [-0.2, 0) is 19.9 Å². The van der Waals surface area contributed by atoms with Crippen LogP contribution in [0.2, 0.25) is 0 Å². The summed E-state index contributed by atoms with van der Waals surface area (Å²) in [7, 11) is 2.04. The molecule has 1 aliphatic carbocycles. The maximum Gasteiger partial charge on any atom is 0.216 e. The number of aromatic nitrogens is 1.